The first-order valence-corrected chi connectivity index (χ1v) is 7.57. The highest BCUT2D eigenvalue weighted by atomic mass is 16.1. The molecular formula is C17H19N5O. The third-order valence-electron chi connectivity index (χ3n) is 3.83. The van der Waals surface area contributed by atoms with Crippen molar-refractivity contribution in [1.29, 1.82) is 0 Å². The van der Waals surface area contributed by atoms with Crippen LogP contribution >= 0.6 is 0 Å². The largest absolute Gasteiger partial charge is 0.369 e. The highest BCUT2D eigenvalue weighted by Gasteiger charge is 2.16. The van der Waals surface area contributed by atoms with E-state index in [1.54, 1.807) is 4.52 Å². The minimum absolute atomic E-state index is 0.231. The standard InChI is InChI=1S/C17H19N5O/c1-10(2)17-12(9-15(18)23)5-4-6-13(17)14-7-8-16-20-19-11(3)22(16)21-14/h4-8,10H,9H2,1-3H3,(H2,18,23). The highest BCUT2D eigenvalue weighted by molar-refractivity contribution is 5.78. The minimum atomic E-state index is -0.331. The summed E-state index contributed by atoms with van der Waals surface area (Å²) in [6, 6.07) is 9.73. The quantitative estimate of drug-likeness (QED) is 0.801. The topological polar surface area (TPSA) is 86.2 Å². The summed E-state index contributed by atoms with van der Waals surface area (Å²) in [6.45, 7) is 6.07. The van der Waals surface area contributed by atoms with Gasteiger partial charge in [-0.15, -0.1) is 10.2 Å². The molecule has 0 fully saturated rings. The van der Waals surface area contributed by atoms with Crippen LogP contribution in [0.1, 0.15) is 36.7 Å². The lowest BCUT2D eigenvalue weighted by atomic mass is 9.89. The van der Waals surface area contributed by atoms with E-state index in [1.807, 2.05) is 37.3 Å². The summed E-state index contributed by atoms with van der Waals surface area (Å²) in [5, 5.41) is 12.7. The smallest absolute Gasteiger partial charge is 0.221 e. The zero-order chi connectivity index (χ0) is 16.6. The van der Waals surface area contributed by atoms with E-state index < -0.39 is 0 Å². The number of nitrogens with two attached hydrogens (primary N) is 1. The van der Waals surface area contributed by atoms with Crippen LogP contribution in [0.5, 0.6) is 0 Å². The molecule has 0 aliphatic rings. The van der Waals surface area contributed by atoms with E-state index in [2.05, 4.69) is 29.1 Å². The first kappa shape index (κ1) is 15.1. The van der Waals surface area contributed by atoms with Crippen LogP contribution in [0.15, 0.2) is 30.3 Å². The predicted molar refractivity (Wildman–Crippen MR) is 87.9 cm³/mol. The summed E-state index contributed by atoms with van der Waals surface area (Å²) < 4.78 is 1.72. The maximum absolute atomic E-state index is 11.4. The molecule has 0 saturated heterocycles. The molecule has 0 bridgehead atoms. The number of rotatable bonds is 4. The van der Waals surface area contributed by atoms with E-state index in [9.17, 15) is 4.79 Å². The van der Waals surface area contributed by atoms with Crippen molar-refractivity contribution in [2.75, 3.05) is 0 Å². The Bertz CT molecular complexity index is 882. The van der Waals surface area contributed by atoms with Crippen molar-refractivity contribution in [3.63, 3.8) is 0 Å². The van der Waals surface area contributed by atoms with E-state index >= 15 is 0 Å². The van der Waals surface area contributed by atoms with E-state index in [1.165, 1.54) is 0 Å². The molecule has 118 valence electrons. The van der Waals surface area contributed by atoms with Gasteiger partial charge < -0.3 is 5.73 Å². The van der Waals surface area contributed by atoms with Crippen molar-refractivity contribution in [3.05, 3.63) is 47.3 Å². The van der Waals surface area contributed by atoms with Crippen LogP contribution in [0.25, 0.3) is 16.9 Å². The zero-order valence-corrected chi connectivity index (χ0v) is 13.4. The lowest BCUT2D eigenvalue weighted by Crippen LogP contribution is -2.15. The number of fused-ring (bicyclic) bond motifs is 1. The maximum atomic E-state index is 11.4. The summed E-state index contributed by atoms with van der Waals surface area (Å²) in [6.07, 6.45) is 0.231. The SMILES string of the molecule is Cc1nnc2ccc(-c3cccc(CC(N)=O)c3C(C)C)nn12. The highest BCUT2D eigenvalue weighted by Crippen LogP contribution is 2.31. The third-order valence-corrected chi connectivity index (χ3v) is 3.83. The van der Waals surface area contributed by atoms with E-state index in [-0.39, 0.29) is 18.2 Å². The average Bonchev–Trinajstić information content (AvgIpc) is 2.87. The Morgan fingerprint density at radius 3 is 2.70 bits per heavy atom. The Morgan fingerprint density at radius 2 is 2.00 bits per heavy atom. The zero-order valence-electron chi connectivity index (χ0n) is 13.4. The van der Waals surface area contributed by atoms with E-state index in [0.717, 1.165) is 28.2 Å². The normalized spacial score (nSPS) is 11.3. The van der Waals surface area contributed by atoms with Crippen molar-refractivity contribution in [1.82, 2.24) is 19.8 Å². The summed E-state index contributed by atoms with van der Waals surface area (Å²) >= 11 is 0. The lowest BCUT2D eigenvalue weighted by molar-refractivity contribution is -0.117. The van der Waals surface area contributed by atoms with Gasteiger partial charge in [0.1, 0.15) is 0 Å². The van der Waals surface area contributed by atoms with E-state index in [0.29, 0.717) is 5.65 Å². The van der Waals surface area contributed by atoms with Crippen LogP contribution in [0.2, 0.25) is 0 Å². The van der Waals surface area contributed by atoms with Gasteiger partial charge in [-0.1, -0.05) is 32.0 Å². The van der Waals surface area contributed by atoms with Gasteiger partial charge in [0.25, 0.3) is 0 Å². The first-order chi connectivity index (χ1) is 11.0. The molecule has 0 spiro atoms. The second-order valence-corrected chi connectivity index (χ2v) is 5.91. The van der Waals surface area contributed by atoms with E-state index in [4.69, 9.17) is 5.73 Å². The lowest BCUT2D eigenvalue weighted by Gasteiger charge is -2.17. The van der Waals surface area contributed by atoms with Crippen LogP contribution in [0.4, 0.5) is 0 Å². The molecule has 3 aromatic rings. The summed E-state index contributed by atoms with van der Waals surface area (Å²) in [5.41, 5.74) is 9.99. The van der Waals surface area contributed by atoms with Crippen LogP contribution in [-0.4, -0.2) is 25.7 Å². The number of carbonyl (C=O) groups is 1. The van der Waals surface area contributed by atoms with Gasteiger partial charge >= 0.3 is 0 Å². The second-order valence-electron chi connectivity index (χ2n) is 5.91. The fourth-order valence-corrected chi connectivity index (χ4v) is 2.90. The first-order valence-electron chi connectivity index (χ1n) is 7.57. The molecule has 0 unspecified atom stereocenters. The van der Waals surface area contributed by atoms with Crippen LogP contribution in [0, 0.1) is 6.92 Å². The van der Waals surface area contributed by atoms with Crippen molar-refractivity contribution < 1.29 is 4.79 Å². The molecule has 2 N–H and O–H groups in total. The van der Waals surface area contributed by atoms with Crippen LogP contribution in [-0.2, 0) is 11.2 Å². The van der Waals surface area contributed by atoms with Crippen molar-refractivity contribution in [3.8, 4) is 11.3 Å². The number of amides is 1. The van der Waals surface area contributed by atoms with Crippen LogP contribution < -0.4 is 5.73 Å². The van der Waals surface area contributed by atoms with Gasteiger partial charge in [-0.25, -0.2) is 0 Å². The number of aromatic nitrogens is 4. The van der Waals surface area contributed by atoms with Gasteiger partial charge in [0, 0.05) is 5.56 Å². The molecule has 2 aromatic heterocycles. The molecular weight excluding hydrogens is 290 g/mol. The van der Waals surface area contributed by atoms with Gasteiger partial charge in [-0.05, 0) is 36.1 Å². The number of aryl methyl sites for hydroxylation is 1. The molecule has 23 heavy (non-hydrogen) atoms. The number of carbonyl (C=O) groups excluding carboxylic acids is 1. The Hall–Kier alpha value is -2.76. The molecule has 1 aromatic carbocycles. The molecule has 6 heteroatoms. The van der Waals surface area contributed by atoms with Crippen molar-refractivity contribution >= 4 is 11.6 Å². The second kappa shape index (κ2) is 5.79. The summed E-state index contributed by atoms with van der Waals surface area (Å²) in [4.78, 5) is 11.4. The molecule has 0 saturated carbocycles. The van der Waals surface area contributed by atoms with Gasteiger partial charge in [0.05, 0.1) is 12.1 Å². The molecule has 1 amide bonds. The van der Waals surface area contributed by atoms with Crippen LogP contribution in [0.3, 0.4) is 0 Å². The van der Waals surface area contributed by atoms with Crippen molar-refractivity contribution in [2.45, 2.75) is 33.1 Å². The summed E-state index contributed by atoms with van der Waals surface area (Å²) in [7, 11) is 0. The number of nitrogens with zero attached hydrogens (tertiary/aromatic N) is 4. The number of hydrogen-bond donors (Lipinski definition) is 1. The Labute approximate surface area is 134 Å². The fourth-order valence-electron chi connectivity index (χ4n) is 2.90. The fraction of sp³-hybridized carbons (Fsp3) is 0.294. The van der Waals surface area contributed by atoms with Gasteiger partial charge in [-0.3, -0.25) is 4.79 Å². The number of primary amides is 1. The molecule has 6 nitrogen and oxygen atoms in total. The molecule has 3 rings (SSSR count). The molecule has 0 aliphatic carbocycles. The number of hydrogen-bond acceptors (Lipinski definition) is 4. The van der Waals surface area contributed by atoms with Gasteiger partial charge in [-0.2, -0.15) is 9.61 Å². The minimum Gasteiger partial charge on any atom is -0.369 e. The predicted octanol–water partition coefficient (Wildman–Crippen LogP) is 2.25. The number of benzene rings is 1. The molecule has 0 atom stereocenters. The Kier molecular flexibility index (Phi) is 3.82. The van der Waals surface area contributed by atoms with Gasteiger partial charge in [0.2, 0.25) is 5.91 Å². The summed E-state index contributed by atoms with van der Waals surface area (Å²) in [5.74, 6) is 0.656. The average molecular weight is 309 g/mol. The maximum Gasteiger partial charge on any atom is 0.221 e. The Balaban J connectivity index is 2.20. The monoisotopic (exact) mass is 309 g/mol. The Morgan fingerprint density at radius 1 is 1.22 bits per heavy atom. The van der Waals surface area contributed by atoms with Crippen molar-refractivity contribution in [2.24, 2.45) is 5.73 Å². The third kappa shape index (κ3) is 2.79. The molecule has 0 radical (unpaired) electrons. The van der Waals surface area contributed by atoms with Gasteiger partial charge in [0.15, 0.2) is 11.5 Å². The molecule has 0 aliphatic heterocycles. The molecule has 2 heterocycles.